The Morgan fingerprint density at radius 2 is 1.37 bits per heavy atom. The molecule has 0 saturated carbocycles. The van der Waals surface area contributed by atoms with Crippen molar-refractivity contribution in [3.63, 3.8) is 0 Å². The van der Waals surface area contributed by atoms with E-state index in [1.165, 1.54) is 0 Å². The topological polar surface area (TPSA) is 60.4 Å². The smallest absolute Gasteiger partial charge is 0.310 e. The third-order valence-electron chi connectivity index (χ3n) is 4.30. The van der Waals surface area contributed by atoms with Crippen LogP contribution in [-0.2, 0) is 25.5 Å². The summed E-state index contributed by atoms with van der Waals surface area (Å²) >= 11 is 0. The number of sulfone groups is 1. The molecular weight excluding hydrogens is 380 g/mol. The van der Waals surface area contributed by atoms with Crippen LogP contribution >= 0.6 is 0 Å². The summed E-state index contributed by atoms with van der Waals surface area (Å²) in [5.74, 6) is 0.199. The molecule has 27 heavy (non-hydrogen) atoms. The Labute approximate surface area is 161 Å². The summed E-state index contributed by atoms with van der Waals surface area (Å²) in [5, 5.41) is 0. The maximum absolute atomic E-state index is 13.0. The van der Waals surface area contributed by atoms with Crippen LogP contribution in [0.2, 0.25) is 0 Å². The second-order valence-corrected chi connectivity index (χ2v) is 9.85. The predicted molar refractivity (Wildman–Crippen MR) is 103 cm³/mol. The van der Waals surface area contributed by atoms with Gasteiger partial charge in [-0.2, -0.15) is 0 Å². The van der Waals surface area contributed by atoms with Gasteiger partial charge in [-0.25, -0.2) is 8.42 Å². The molecule has 1 aliphatic heterocycles. The van der Waals surface area contributed by atoms with Gasteiger partial charge in [0.05, 0.1) is 0 Å². The van der Waals surface area contributed by atoms with E-state index >= 15 is 0 Å². The number of rotatable bonds is 3. The second-order valence-electron chi connectivity index (χ2n) is 6.00. The predicted octanol–water partition coefficient (Wildman–Crippen LogP) is 4.24. The van der Waals surface area contributed by atoms with Crippen molar-refractivity contribution >= 4 is 26.7 Å². The Morgan fingerprint density at radius 1 is 0.852 bits per heavy atom. The molecule has 1 aliphatic rings. The molecule has 0 aliphatic carbocycles. The number of carbonyl (C=O) groups excluding carboxylic acids is 1. The molecule has 0 spiro atoms. The molecule has 136 valence electrons. The first-order valence-electron chi connectivity index (χ1n) is 8.50. The van der Waals surface area contributed by atoms with Crippen LogP contribution in [0.5, 0.6) is 5.75 Å². The summed E-state index contributed by atoms with van der Waals surface area (Å²) in [7, 11) is -4.08. The summed E-state index contributed by atoms with van der Waals surface area (Å²) in [6.07, 6.45) is 0.310. The molecule has 4 rings (SSSR count). The second kappa shape index (κ2) is 6.87. The van der Waals surface area contributed by atoms with Gasteiger partial charge in [-0.05, 0) is 48.5 Å². The van der Waals surface area contributed by atoms with Gasteiger partial charge in [0, 0.05) is 6.42 Å². The summed E-state index contributed by atoms with van der Waals surface area (Å²) in [5.41, 5.74) is 0. The highest BCUT2D eigenvalue weighted by atomic mass is 32.2. The maximum Gasteiger partial charge on any atom is 0.310 e. The standard InChI is InChI=1S/C21H17O4S2/c1-2-21(22)25-15-11-13-16(14-12-15)26-17-7-3-5-9-19(17)27(23,24)20-10-6-4-8-18(20)26/h3-14H,2H2,1H3/q+1. The Balaban J connectivity index is 1.86. The lowest BCUT2D eigenvalue weighted by atomic mass is 10.3. The molecule has 0 fully saturated rings. The molecule has 0 N–H and O–H groups in total. The molecule has 0 atom stereocenters. The van der Waals surface area contributed by atoms with Gasteiger partial charge >= 0.3 is 5.97 Å². The number of hydrogen-bond donors (Lipinski definition) is 0. The third kappa shape index (κ3) is 3.05. The lowest BCUT2D eigenvalue weighted by molar-refractivity contribution is -0.134. The van der Waals surface area contributed by atoms with Crippen molar-refractivity contribution in [1.29, 1.82) is 0 Å². The van der Waals surface area contributed by atoms with Crippen molar-refractivity contribution in [2.24, 2.45) is 0 Å². The molecule has 3 aromatic rings. The molecule has 0 radical (unpaired) electrons. The minimum atomic E-state index is -3.53. The van der Waals surface area contributed by atoms with Gasteiger partial charge in [-0.1, -0.05) is 31.2 Å². The fourth-order valence-corrected chi connectivity index (χ4v) is 7.72. The first-order chi connectivity index (χ1) is 13.0. The molecule has 4 nitrogen and oxygen atoms in total. The monoisotopic (exact) mass is 397 g/mol. The largest absolute Gasteiger partial charge is 0.427 e. The van der Waals surface area contributed by atoms with Gasteiger partial charge in [0.25, 0.3) is 0 Å². The fraction of sp³-hybridized carbons (Fsp3) is 0.0952. The zero-order chi connectivity index (χ0) is 19.0. The van der Waals surface area contributed by atoms with Gasteiger partial charge in [0.2, 0.25) is 9.84 Å². The quantitative estimate of drug-likeness (QED) is 0.295. The van der Waals surface area contributed by atoms with E-state index in [-0.39, 0.29) is 5.97 Å². The number of fused-ring (bicyclic) bond motifs is 2. The summed E-state index contributed by atoms with van der Waals surface area (Å²) in [4.78, 5) is 14.7. The van der Waals surface area contributed by atoms with Crippen LogP contribution < -0.4 is 4.74 Å². The third-order valence-corrected chi connectivity index (χ3v) is 8.76. The molecule has 0 unspecified atom stereocenters. The zero-order valence-corrected chi connectivity index (χ0v) is 16.2. The van der Waals surface area contributed by atoms with Crippen LogP contribution in [-0.4, -0.2) is 14.4 Å². The molecule has 1 heterocycles. The van der Waals surface area contributed by atoms with E-state index in [9.17, 15) is 13.2 Å². The molecule has 0 aromatic heterocycles. The minimum Gasteiger partial charge on any atom is -0.427 e. The van der Waals surface area contributed by atoms with Crippen LogP contribution in [0.3, 0.4) is 0 Å². The molecule has 3 aromatic carbocycles. The Bertz CT molecular complexity index is 1070. The molecule has 0 bridgehead atoms. The molecule has 0 saturated heterocycles. The Morgan fingerprint density at radius 3 is 1.89 bits per heavy atom. The van der Waals surface area contributed by atoms with Crippen LogP contribution in [0.4, 0.5) is 0 Å². The molecule has 0 amide bonds. The number of esters is 1. The van der Waals surface area contributed by atoms with Crippen molar-refractivity contribution in [3.05, 3.63) is 72.8 Å². The summed E-state index contributed by atoms with van der Waals surface area (Å²) in [6.45, 7) is 1.74. The van der Waals surface area contributed by atoms with E-state index in [2.05, 4.69) is 0 Å². The highest BCUT2D eigenvalue weighted by molar-refractivity contribution is 8.00. The number of hydrogen-bond acceptors (Lipinski definition) is 4. The van der Waals surface area contributed by atoms with E-state index < -0.39 is 20.7 Å². The molecular formula is C21H17O4S2+. The minimum absolute atomic E-state index is 0.287. The number of carbonyl (C=O) groups is 1. The number of ether oxygens (including phenoxy) is 1. The lowest BCUT2D eigenvalue weighted by Crippen LogP contribution is -2.20. The summed E-state index contributed by atoms with van der Waals surface area (Å²) < 4.78 is 31.3. The van der Waals surface area contributed by atoms with Crippen molar-refractivity contribution in [1.82, 2.24) is 0 Å². The highest BCUT2D eigenvalue weighted by Gasteiger charge is 2.44. The summed E-state index contributed by atoms with van der Waals surface area (Å²) in [6, 6.07) is 21.6. The lowest BCUT2D eigenvalue weighted by Gasteiger charge is -2.19. The van der Waals surface area contributed by atoms with Gasteiger partial charge in [0.1, 0.15) is 26.4 Å². The van der Waals surface area contributed by atoms with Crippen molar-refractivity contribution < 1.29 is 17.9 Å². The van der Waals surface area contributed by atoms with Crippen molar-refractivity contribution in [3.8, 4) is 5.75 Å². The Kier molecular flexibility index (Phi) is 4.53. The number of benzene rings is 3. The Hall–Kier alpha value is -2.57. The van der Waals surface area contributed by atoms with Crippen LogP contribution in [0.25, 0.3) is 0 Å². The average molecular weight is 397 g/mol. The van der Waals surface area contributed by atoms with E-state index in [4.69, 9.17) is 4.74 Å². The van der Waals surface area contributed by atoms with E-state index in [1.54, 1.807) is 43.3 Å². The normalized spacial score (nSPS) is 14.9. The average Bonchev–Trinajstić information content (AvgIpc) is 2.69. The maximum atomic E-state index is 13.0. The van der Waals surface area contributed by atoms with Gasteiger partial charge < -0.3 is 4.74 Å². The fourth-order valence-electron chi connectivity index (χ4n) is 3.02. The van der Waals surface area contributed by atoms with Crippen molar-refractivity contribution in [2.45, 2.75) is 37.8 Å². The van der Waals surface area contributed by atoms with E-state index in [0.29, 0.717) is 22.0 Å². The van der Waals surface area contributed by atoms with E-state index in [1.807, 2.05) is 36.4 Å². The van der Waals surface area contributed by atoms with Crippen LogP contribution in [0, 0.1) is 0 Å². The van der Waals surface area contributed by atoms with Gasteiger partial charge in [0.15, 0.2) is 14.7 Å². The van der Waals surface area contributed by atoms with Crippen LogP contribution in [0.15, 0.2) is 97.3 Å². The van der Waals surface area contributed by atoms with Crippen LogP contribution in [0.1, 0.15) is 13.3 Å². The van der Waals surface area contributed by atoms with Gasteiger partial charge in [-0.3, -0.25) is 4.79 Å². The SMILES string of the molecule is CCC(=O)Oc1ccc([S+]2c3ccccc3S(=O)(=O)c3ccccc32)cc1. The first kappa shape index (κ1) is 17.8. The van der Waals surface area contributed by atoms with E-state index in [0.717, 1.165) is 14.7 Å². The van der Waals surface area contributed by atoms with Gasteiger partial charge in [-0.15, -0.1) is 0 Å². The molecule has 6 heteroatoms. The first-order valence-corrected chi connectivity index (χ1v) is 11.2. The zero-order valence-electron chi connectivity index (χ0n) is 14.6. The van der Waals surface area contributed by atoms with Crippen molar-refractivity contribution in [2.75, 3.05) is 0 Å². The highest BCUT2D eigenvalue weighted by Crippen LogP contribution is 2.44.